The van der Waals surface area contributed by atoms with Crippen LogP contribution in [0.2, 0.25) is 0 Å². The van der Waals surface area contributed by atoms with Crippen LogP contribution in [0.4, 0.5) is 23.3 Å². The summed E-state index contributed by atoms with van der Waals surface area (Å²) in [7, 11) is 3.19. The highest BCUT2D eigenvalue weighted by Gasteiger charge is 2.08. The Morgan fingerprint density at radius 3 is 2.24 bits per heavy atom. The van der Waals surface area contributed by atoms with E-state index in [4.69, 9.17) is 14.2 Å². The highest BCUT2D eigenvalue weighted by molar-refractivity contribution is 5.61. The molecule has 0 radical (unpaired) electrons. The Labute approximate surface area is 168 Å². The Bertz CT molecular complexity index is 967. The zero-order chi connectivity index (χ0) is 20.6. The number of aryl methyl sites for hydroxylation is 1. The summed E-state index contributed by atoms with van der Waals surface area (Å²) in [5.41, 5.74) is 2.19. The van der Waals surface area contributed by atoms with Crippen molar-refractivity contribution in [3.63, 3.8) is 0 Å². The van der Waals surface area contributed by atoms with Crippen molar-refractivity contribution in [3.8, 4) is 17.2 Å². The van der Waals surface area contributed by atoms with Gasteiger partial charge in [0.15, 0.2) is 11.5 Å². The average molecular weight is 397 g/mol. The Hall–Kier alpha value is -3.59. The highest BCUT2D eigenvalue weighted by Crippen LogP contribution is 2.31. The zero-order valence-corrected chi connectivity index (χ0v) is 16.5. The number of hydrogen-bond donors (Lipinski definition) is 3. The minimum Gasteiger partial charge on any atom is -0.508 e. The lowest BCUT2D eigenvalue weighted by atomic mass is 10.2. The molecule has 9 heteroatoms. The maximum absolute atomic E-state index is 9.83. The summed E-state index contributed by atoms with van der Waals surface area (Å²) in [6, 6.07) is 10.7. The van der Waals surface area contributed by atoms with Gasteiger partial charge in [-0.25, -0.2) is 9.97 Å². The Kier molecular flexibility index (Phi) is 6.64. The van der Waals surface area contributed by atoms with Crippen LogP contribution >= 0.6 is 0 Å². The number of hydrogen-bond acceptors (Lipinski definition) is 9. The summed E-state index contributed by atoms with van der Waals surface area (Å²) < 4.78 is 16.0. The van der Waals surface area contributed by atoms with Crippen LogP contribution < -0.4 is 20.1 Å². The third kappa shape index (κ3) is 5.45. The van der Waals surface area contributed by atoms with E-state index in [0.29, 0.717) is 42.3 Å². The molecule has 2 aromatic carbocycles. The molecule has 0 bridgehead atoms. The van der Waals surface area contributed by atoms with Crippen LogP contribution in [0.1, 0.15) is 5.56 Å². The lowest BCUT2D eigenvalue weighted by molar-refractivity contribution is 0.144. The second-order valence-corrected chi connectivity index (χ2v) is 6.09. The van der Waals surface area contributed by atoms with Gasteiger partial charge in [0.2, 0.25) is 11.9 Å². The number of aromatic nitrogens is 3. The molecule has 9 nitrogen and oxygen atoms in total. The first-order valence-electron chi connectivity index (χ1n) is 8.91. The first-order valence-corrected chi connectivity index (χ1v) is 8.91. The largest absolute Gasteiger partial charge is 0.508 e. The molecule has 29 heavy (non-hydrogen) atoms. The van der Waals surface area contributed by atoms with E-state index in [1.165, 1.54) is 6.33 Å². The van der Waals surface area contributed by atoms with E-state index in [-0.39, 0.29) is 5.75 Å². The Morgan fingerprint density at radius 1 is 0.897 bits per heavy atom. The molecule has 1 aromatic heterocycles. The maximum Gasteiger partial charge on any atom is 0.232 e. The van der Waals surface area contributed by atoms with Gasteiger partial charge in [-0.3, -0.25) is 0 Å². The van der Waals surface area contributed by atoms with E-state index in [1.54, 1.807) is 38.5 Å². The van der Waals surface area contributed by atoms with Crippen molar-refractivity contribution in [2.24, 2.45) is 0 Å². The van der Waals surface area contributed by atoms with Gasteiger partial charge in [0, 0.05) is 30.6 Å². The zero-order valence-electron chi connectivity index (χ0n) is 16.5. The first kappa shape index (κ1) is 20.2. The number of phenols is 1. The molecule has 0 aliphatic carbocycles. The van der Waals surface area contributed by atoms with Gasteiger partial charge in [-0.2, -0.15) is 4.98 Å². The number of phenolic OH excluding ortho intramolecular Hbond substituents is 1. The smallest absolute Gasteiger partial charge is 0.232 e. The molecule has 0 aliphatic heterocycles. The summed E-state index contributed by atoms with van der Waals surface area (Å²) in [6.07, 6.45) is 1.39. The summed E-state index contributed by atoms with van der Waals surface area (Å²) in [5.74, 6) is 2.09. The molecule has 3 N–H and O–H groups in total. The summed E-state index contributed by atoms with van der Waals surface area (Å²) >= 11 is 0. The number of anilines is 4. The molecule has 152 valence electrons. The van der Waals surface area contributed by atoms with Crippen molar-refractivity contribution in [1.29, 1.82) is 0 Å². The standard InChI is InChI=1S/C20H23N5O4/c1-13-4-5-14(10-16(13)26)23-19-21-12-22-20(25-19)24-15-6-7-17(18(11-15)28-3)29-9-8-27-2/h4-7,10-12,26H,8-9H2,1-3H3,(H2,21,22,23,24,25). The fourth-order valence-electron chi connectivity index (χ4n) is 2.46. The molecule has 3 aromatic rings. The third-order valence-corrected chi connectivity index (χ3v) is 4.00. The second kappa shape index (κ2) is 9.56. The SMILES string of the molecule is COCCOc1ccc(Nc2ncnc(Nc3ccc(C)c(O)c3)n2)cc1OC. The number of nitrogens with one attached hydrogen (secondary N) is 2. The molecule has 3 rings (SSSR count). The van der Waals surface area contributed by atoms with Crippen LogP contribution in [-0.4, -0.2) is 47.5 Å². The number of nitrogens with zero attached hydrogens (tertiary/aromatic N) is 3. The fraction of sp³-hybridized carbons (Fsp3) is 0.250. The number of rotatable bonds is 9. The molecule has 0 saturated carbocycles. The van der Waals surface area contributed by atoms with E-state index in [9.17, 15) is 5.11 Å². The number of aromatic hydroxyl groups is 1. The predicted molar refractivity (Wildman–Crippen MR) is 110 cm³/mol. The van der Waals surface area contributed by atoms with E-state index in [0.717, 1.165) is 11.3 Å². The van der Waals surface area contributed by atoms with Crippen LogP contribution in [0.25, 0.3) is 0 Å². The highest BCUT2D eigenvalue weighted by atomic mass is 16.5. The topological polar surface area (TPSA) is 111 Å². The lowest BCUT2D eigenvalue weighted by Gasteiger charge is -2.13. The van der Waals surface area contributed by atoms with Crippen molar-refractivity contribution >= 4 is 23.3 Å². The van der Waals surface area contributed by atoms with E-state index in [1.807, 2.05) is 19.1 Å². The predicted octanol–water partition coefficient (Wildman–Crippen LogP) is 3.41. The summed E-state index contributed by atoms with van der Waals surface area (Å²) in [4.78, 5) is 12.6. The van der Waals surface area contributed by atoms with E-state index in [2.05, 4.69) is 25.6 Å². The van der Waals surface area contributed by atoms with Crippen molar-refractivity contribution in [2.45, 2.75) is 6.92 Å². The minimum atomic E-state index is 0.197. The minimum absolute atomic E-state index is 0.197. The number of methoxy groups -OCH3 is 2. The molecule has 0 aliphatic rings. The van der Waals surface area contributed by atoms with Gasteiger partial charge in [0.05, 0.1) is 13.7 Å². The van der Waals surface area contributed by atoms with Crippen LogP contribution in [0.5, 0.6) is 17.2 Å². The van der Waals surface area contributed by atoms with Crippen molar-refractivity contribution in [3.05, 3.63) is 48.3 Å². The van der Waals surface area contributed by atoms with Gasteiger partial charge in [-0.1, -0.05) is 6.07 Å². The monoisotopic (exact) mass is 397 g/mol. The van der Waals surface area contributed by atoms with Crippen LogP contribution in [-0.2, 0) is 4.74 Å². The molecule has 0 unspecified atom stereocenters. The van der Waals surface area contributed by atoms with Gasteiger partial charge in [-0.15, -0.1) is 0 Å². The molecule has 0 fully saturated rings. The van der Waals surface area contributed by atoms with Crippen LogP contribution in [0.3, 0.4) is 0 Å². The van der Waals surface area contributed by atoms with Gasteiger partial charge in [0.25, 0.3) is 0 Å². The molecular formula is C20H23N5O4. The lowest BCUT2D eigenvalue weighted by Crippen LogP contribution is -2.06. The molecule has 0 amide bonds. The van der Waals surface area contributed by atoms with Crippen molar-refractivity contribution in [2.75, 3.05) is 38.1 Å². The maximum atomic E-state index is 9.83. The number of ether oxygens (including phenoxy) is 3. The summed E-state index contributed by atoms with van der Waals surface area (Å²) in [6.45, 7) is 2.74. The molecule has 0 saturated heterocycles. The van der Waals surface area contributed by atoms with Crippen LogP contribution in [0, 0.1) is 6.92 Å². The molecule has 0 spiro atoms. The molecule has 1 heterocycles. The Balaban J connectivity index is 1.71. The van der Waals surface area contributed by atoms with Crippen molar-refractivity contribution < 1.29 is 19.3 Å². The normalized spacial score (nSPS) is 10.4. The van der Waals surface area contributed by atoms with Gasteiger partial charge in [0.1, 0.15) is 18.7 Å². The van der Waals surface area contributed by atoms with Gasteiger partial charge < -0.3 is 30.0 Å². The van der Waals surface area contributed by atoms with E-state index < -0.39 is 0 Å². The fourth-order valence-corrected chi connectivity index (χ4v) is 2.46. The van der Waals surface area contributed by atoms with Gasteiger partial charge in [-0.05, 0) is 30.7 Å². The Morgan fingerprint density at radius 2 is 1.59 bits per heavy atom. The number of benzene rings is 2. The molecular weight excluding hydrogens is 374 g/mol. The van der Waals surface area contributed by atoms with Gasteiger partial charge >= 0.3 is 0 Å². The second-order valence-electron chi connectivity index (χ2n) is 6.09. The average Bonchev–Trinajstić information content (AvgIpc) is 2.72. The third-order valence-electron chi connectivity index (χ3n) is 4.00. The molecule has 0 atom stereocenters. The van der Waals surface area contributed by atoms with Crippen LogP contribution in [0.15, 0.2) is 42.7 Å². The quantitative estimate of drug-likeness (QED) is 0.468. The van der Waals surface area contributed by atoms with Crippen molar-refractivity contribution in [1.82, 2.24) is 15.0 Å². The van der Waals surface area contributed by atoms with E-state index >= 15 is 0 Å². The first-order chi connectivity index (χ1) is 14.1. The summed E-state index contributed by atoms with van der Waals surface area (Å²) in [5, 5.41) is 16.0.